The summed E-state index contributed by atoms with van der Waals surface area (Å²) in [6.45, 7) is 4.15. The molecule has 2 saturated heterocycles. The van der Waals surface area contributed by atoms with Crippen LogP contribution in [0.1, 0.15) is 42.5 Å². The SMILES string of the molecule is O=C(c1cc(N2CCCN(C(=O)C3CC3)CC2)ccc1[N+](=O)[O-])N1CCCC1. The van der Waals surface area contributed by atoms with Gasteiger partial charge in [-0.05, 0) is 44.2 Å². The topological polar surface area (TPSA) is 87.0 Å². The zero-order chi connectivity index (χ0) is 19.7. The summed E-state index contributed by atoms with van der Waals surface area (Å²) in [6, 6.07) is 4.82. The van der Waals surface area contributed by atoms with E-state index in [1.165, 1.54) is 6.07 Å². The molecule has 0 aromatic heterocycles. The lowest BCUT2D eigenvalue weighted by molar-refractivity contribution is -0.385. The average Bonchev–Trinajstić information content (AvgIpc) is 3.46. The molecule has 3 fully saturated rings. The number of amides is 2. The maximum absolute atomic E-state index is 12.8. The molecule has 150 valence electrons. The highest BCUT2D eigenvalue weighted by molar-refractivity contribution is 5.99. The summed E-state index contributed by atoms with van der Waals surface area (Å²) < 4.78 is 0. The van der Waals surface area contributed by atoms with Crippen LogP contribution in [0.5, 0.6) is 0 Å². The molecule has 8 heteroatoms. The Labute approximate surface area is 164 Å². The molecule has 0 N–H and O–H groups in total. The van der Waals surface area contributed by atoms with E-state index in [0.717, 1.165) is 50.9 Å². The molecular formula is C20H26N4O4. The lowest BCUT2D eigenvalue weighted by atomic mass is 10.1. The van der Waals surface area contributed by atoms with Gasteiger partial charge in [0, 0.05) is 56.9 Å². The number of likely N-dealkylation sites (tertiary alicyclic amines) is 1. The van der Waals surface area contributed by atoms with Gasteiger partial charge in [-0.1, -0.05) is 0 Å². The summed E-state index contributed by atoms with van der Waals surface area (Å²) in [7, 11) is 0. The molecule has 4 rings (SSSR count). The van der Waals surface area contributed by atoms with Crippen LogP contribution in [0.25, 0.3) is 0 Å². The highest BCUT2D eigenvalue weighted by Crippen LogP contribution is 2.32. The van der Waals surface area contributed by atoms with Crippen LogP contribution in [0.2, 0.25) is 0 Å². The van der Waals surface area contributed by atoms with Crippen LogP contribution in [-0.4, -0.2) is 65.8 Å². The van der Waals surface area contributed by atoms with Crippen LogP contribution in [0.15, 0.2) is 18.2 Å². The predicted molar refractivity (Wildman–Crippen MR) is 104 cm³/mol. The van der Waals surface area contributed by atoms with Crippen molar-refractivity contribution < 1.29 is 14.5 Å². The fourth-order valence-corrected chi connectivity index (χ4v) is 4.13. The number of rotatable bonds is 4. The number of hydrogen-bond acceptors (Lipinski definition) is 5. The first kappa shape index (κ1) is 18.7. The molecule has 1 aromatic carbocycles. The van der Waals surface area contributed by atoms with E-state index in [0.29, 0.717) is 26.2 Å². The van der Waals surface area contributed by atoms with E-state index in [1.807, 2.05) is 4.90 Å². The van der Waals surface area contributed by atoms with E-state index in [-0.39, 0.29) is 29.0 Å². The third-order valence-electron chi connectivity index (χ3n) is 5.90. The molecule has 0 radical (unpaired) electrons. The Morgan fingerprint density at radius 2 is 1.64 bits per heavy atom. The molecule has 2 aliphatic heterocycles. The van der Waals surface area contributed by atoms with E-state index in [9.17, 15) is 19.7 Å². The Kier molecular flexibility index (Phi) is 5.19. The van der Waals surface area contributed by atoms with Crippen LogP contribution in [0, 0.1) is 16.0 Å². The van der Waals surface area contributed by atoms with Gasteiger partial charge < -0.3 is 14.7 Å². The van der Waals surface area contributed by atoms with Gasteiger partial charge in [0.1, 0.15) is 5.56 Å². The van der Waals surface area contributed by atoms with Gasteiger partial charge in [0.05, 0.1) is 4.92 Å². The van der Waals surface area contributed by atoms with Crippen molar-refractivity contribution in [2.24, 2.45) is 5.92 Å². The fourth-order valence-electron chi connectivity index (χ4n) is 4.13. The van der Waals surface area contributed by atoms with Crippen molar-refractivity contribution in [3.63, 3.8) is 0 Å². The largest absolute Gasteiger partial charge is 0.370 e. The number of nitrogens with zero attached hydrogens (tertiary/aromatic N) is 4. The van der Waals surface area contributed by atoms with Crippen LogP contribution in [-0.2, 0) is 4.79 Å². The maximum atomic E-state index is 12.8. The van der Waals surface area contributed by atoms with Crippen LogP contribution in [0.3, 0.4) is 0 Å². The molecule has 1 aliphatic carbocycles. The first-order chi connectivity index (χ1) is 13.5. The van der Waals surface area contributed by atoms with Gasteiger partial charge in [0.2, 0.25) is 5.91 Å². The van der Waals surface area contributed by atoms with Crippen LogP contribution < -0.4 is 4.90 Å². The van der Waals surface area contributed by atoms with Crippen molar-refractivity contribution in [1.82, 2.24) is 9.80 Å². The Bertz CT molecular complexity index is 786. The number of benzene rings is 1. The van der Waals surface area contributed by atoms with E-state index in [1.54, 1.807) is 17.0 Å². The summed E-state index contributed by atoms with van der Waals surface area (Å²) in [5, 5.41) is 11.4. The van der Waals surface area contributed by atoms with Crippen molar-refractivity contribution in [3.8, 4) is 0 Å². The molecule has 0 spiro atoms. The van der Waals surface area contributed by atoms with Gasteiger partial charge in [0.25, 0.3) is 11.6 Å². The number of anilines is 1. The Balaban J connectivity index is 1.54. The van der Waals surface area contributed by atoms with E-state index in [4.69, 9.17) is 0 Å². The van der Waals surface area contributed by atoms with Gasteiger partial charge in [-0.25, -0.2) is 0 Å². The molecule has 1 aromatic rings. The van der Waals surface area contributed by atoms with Crippen molar-refractivity contribution in [1.29, 1.82) is 0 Å². The van der Waals surface area contributed by atoms with Crippen LogP contribution in [0.4, 0.5) is 11.4 Å². The van der Waals surface area contributed by atoms with Crippen LogP contribution >= 0.6 is 0 Å². The zero-order valence-corrected chi connectivity index (χ0v) is 16.0. The zero-order valence-electron chi connectivity index (χ0n) is 16.0. The second-order valence-electron chi connectivity index (χ2n) is 7.90. The third-order valence-corrected chi connectivity index (χ3v) is 5.90. The monoisotopic (exact) mass is 386 g/mol. The Morgan fingerprint density at radius 1 is 0.929 bits per heavy atom. The summed E-state index contributed by atoms with van der Waals surface area (Å²) >= 11 is 0. The van der Waals surface area contributed by atoms with E-state index in [2.05, 4.69) is 4.90 Å². The molecule has 2 heterocycles. The lowest BCUT2D eigenvalue weighted by Gasteiger charge is -2.24. The number of carbonyl (C=O) groups excluding carboxylic acids is 2. The number of hydrogen-bond donors (Lipinski definition) is 0. The number of carbonyl (C=O) groups is 2. The lowest BCUT2D eigenvalue weighted by Crippen LogP contribution is -2.36. The first-order valence-corrected chi connectivity index (χ1v) is 10.2. The van der Waals surface area contributed by atoms with E-state index >= 15 is 0 Å². The molecule has 3 aliphatic rings. The van der Waals surface area contributed by atoms with Gasteiger partial charge in [-0.15, -0.1) is 0 Å². The number of nitro groups is 1. The summed E-state index contributed by atoms with van der Waals surface area (Å²) in [6.07, 6.45) is 4.74. The second kappa shape index (κ2) is 7.77. The van der Waals surface area contributed by atoms with Crippen molar-refractivity contribution in [3.05, 3.63) is 33.9 Å². The minimum atomic E-state index is -0.481. The highest BCUT2D eigenvalue weighted by atomic mass is 16.6. The highest BCUT2D eigenvalue weighted by Gasteiger charge is 2.34. The van der Waals surface area contributed by atoms with Gasteiger partial charge in [0.15, 0.2) is 0 Å². The fraction of sp³-hybridized carbons (Fsp3) is 0.600. The summed E-state index contributed by atoms with van der Waals surface area (Å²) in [4.78, 5) is 41.9. The molecule has 1 saturated carbocycles. The Morgan fingerprint density at radius 3 is 2.32 bits per heavy atom. The van der Waals surface area contributed by atoms with Crippen molar-refractivity contribution >= 4 is 23.2 Å². The average molecular weight is 386 g/mol. The normalized spacial score (nSPS) is 20.2. The van der Waals surface area contributed by atoms with Crippen molar-refractivity contribution in [2.75, 3.05) is 44.2 Å². The molecule has 8 nitrogen and oxygen atoms in total. The standard InChI is InChI=1S/C20H26N4O4/c25-19(15-4-5-15)23-11-3-10-21(12-13-23)16-6-7-18(24(27)28)17(14-16)20(26)22-8-1-2-9-22/h6-7,14-15H,1-5,8-13H2. The van der Waals surface area contributed by atoms with E-state index < -0.39 is 4.92 Å². The molecule has 2 amide bonds. The first-order valence-electron chi connectivity index (χ1n) is 10.2. The van der Waals surface area contributed by atoms with Gasteiger partial charge >= 0.3 is 0 Å². The Hall–Kier alpha value is -2.64. The second-order valence-corrected chi connectivity index (χ2v) is 7.90. The molecule has 0 bridgehead atoms. The summed E-state index contributed by atoms with van der Waals surface area (Å²) in [5.74, 6) is 0.220. The molecular weight excluding hydrogens is 360 g/mol. The third kappa shape index (κ3) is 3.81. The van der Waals surface area contributed by atoms with Gasteiger partial charge in [-0.2, -0.15) is 0 Å². The summed E-state index contributed by atoms with van der Waals surface area (Å²) in [5.41, 5.74) is 0.842. The van der Waals surface area contributed by atoms with Gasteiger partial charge in [-0.3, -0.25) is 19.7 Å². The number of nitro benzene ring substituents is 1. The smallest absolute Gasteiger partial charge is 0.282 e. The minimum absolute atomic E-state index is 0.138. The predicted octanol–water partition coefficient (Wildman–Crippen LogP) is 2.28. The molecule has 0 atom stereocenters. The minimum Gasteiger partial charge on any atom is -0.370 e. The molecule has 0 unspecified atom stereocenters. The maximum Gasteiger partial charge on any atom is 0.282 e. The molecule has 28 heavy (non-hydrogen) atoms. The quantitative estimate of drug-likeness (QED) is 0.585. The van der Waals surface area contributed by atoms with Crippen molar-refractivity contribution in [2.45, 2.75) is 32.1 Å².